The third-order valence-corrected chi connectivity index (χ3v) is 2.56. The minimum absolute atomic E-state index is 0.616. The number of carbonyl (C=O) groups is 1. The van der Waals surface area contributed by atoms with Gasteiger partial charge in [-0.3, -0.25) is 4.79 Å². The van der Waals surface area contributed by atoms with E-state index in [4.69, 9.17) is 0 Å². The first-order chi connectivity index (χ1) is 6.15. The molecule has 0 unspecified atom stereocenters. The highest BCUT2D eigenvalue weighted by Crippen LogP contribution is 2.46. The lowest BCUT2D eigenvalue weighted by atomic mass is 9.99. The molecule has 0 spiro atoms. The van der Waals surface area contributed by atoms with E-state index in [0.29, 0.717) is 5.56 Å². The van der Waals surface area contributed by atoms with Crippen LogP contribution in [0, 0.1) is 6.92 Å². The van der Waals surface area contributed by atoms with Gasteiger partial charge < -0.3 is 5.11 Å². The molecule has 1 aromatic rings. The quantitative estimate of drug-likeness (QED) is 0.697. The van der Waals surface area contributed by atoms with E-state index in [2.05, 4.69) is 0 Å². The van der Waals surface area contributed by atoms with Crippen molar-refractivity contribution in [1.29, 1.82) is 0 Å². The van der Waals surface area contributed by atoms with Gasteiger partial charge in [0, 0.05) is 5.56 Å². The fourth-order valence-electron chi connectivity index (χ4n) is 1.56. The lowest BCUT2D eigenvalue weighted by molar-refractivity contribution is 0.110. The molecule has 2 heteroatoms. The SMILES string of the molecule is Cc1ccc(C=O)c(C2(O)CC2)c1. The van der Waals surface area contributed by atoms with E-state index in [-0.39, 0.29) is 0 Å². The Labute approximate surface area is 77.2 Å². The number of aliphatic hydroxyl groups is 1. The highest BCUT2D eigenvalue weighted by Gasteiger charge is 2.43. The molecular weight excluding hydrogens is 164 g/mol. The van der Waals surface area contributed by atoms with Crippen LogP contribution < -0.4 is 0 Å². The van der Waals surface area contributed by atoms with Crippen LogP contribution >= 0.6 is 0 Å². The zero-order valence-corrected chi connectivity index (χ0v) is 7.58. The third kappa shape index (κ3) is 1.38. The van der Waals surface area contributed by atoms with E-state index in [0.717, 1.165) is 30.3 Å². The molecule has 13 heavy (non-hydrogen) atoms. The highest BCUT2D eigenvalue weighted by atomic mass is 16.3. The molecule has 0 heterocycles. The Hall–Kier alpha value is -1.15. The maximum Gasteiger partial charge on any atom is 0.150 e. The lowest BCUT2D eigenvalue weighted by Crippen LogP contribution is -2.08. The van der Waals surface area contributed by atoms with Gasteiger partial charge >= 0.3 is 0 Å². The number of hydrogen-bond donors (Lipinski definition) is 1. The number of aryl methyl sites for hydroxylation is 1. The highest BCUT2D eigenvalue weighted by molar-refractivity contribution is 5.78. The Bertz CT molecular complexity index is 351. The molecule has 1 saturated carbocycles. The van der Waals surface area contributed by atoms with E-state index in [9.17, 15) is 9.90 Å². The first kappa shape index (κ1) is 8.45. The van der Waals surface area contributed by atoms with E-state index in [1.165, 1.54) is 0 Å². The van der Waals surface area contributed by atoms with Crippen LogP contribution in [0.15, 0.2) is 18.2 Å². The van der Waals surface area contributed by atoms with Crippen LogP contribution in [0.5, 0.6) is 0 Å². The summed E-state index contributed by atoms with van der Waals surface area (Å²) in [6.07, 6.45) is 2.36. The van der Waals surface area contributed by atoms with Gasteiger partial charge in [0.05, 0.1) is 5.60 Å². The molecular formula is C11H12O2. The first-order valence-corrected chi connectivity index (χ1v) is 4.44. The normalized spacial score (nSPS) is 18.3. The Balaban J connectivity index is 2.52. The summed E-state index contributed by atoms with van der Waals surface area (Å²) < 4.78 is 0. The van der Waals surface area contributed by atoms with Gasteiger partial charge in [0.15, 0.2) is 0 Å². The number of hydrogen-bond acceptors (Lipinski definition) is 2. The molecule has 2 rings (SSSR count). The van der Waals surface area contributed by atoms with Gasteiger partial charge in [-0.05, 0) is 25.3 Å². The second-order valence-corrected chi connectivity index (χ2v) is 3.74. The van der Waals surface area contributed by atoms with Crippen molar-refractivity contribution < 1.29 is 9.90 Å². The molecule has 0 amide bonds. The Morgan fingerprint density at radius 1 is 1.46 bits per heavy atom. The standard InChI is InChI=1S/C11H12O2/c1-8-2-3-9(7-12)10(6-8)11(13)4-5-11/h2-3,6-7,13H,4-5H2,1H3. The number of carbonyl (C=O) groups excluding carboxylic acids is 1. The minimum atomic E-state index is -0.706. The third-order valence-electron chi connectivity index (χ3n) is 2.56. The fraction of sp³-hybridized carbons (Fsp3) is 0.364. The van der Waals surface area contributed by atoms with Crippen molar-refractivity contribution in [2.75, 3.05) is 0 Å². The molecule has 0 saturated heterocycles. The molecule has 1 aliphatic rings. The predicted octanol–water partition coefficient (Wildman–Crippen LogP) is 1.79. The average Bonchev–Trinajstić information content (AvgIpc) is 2.85. The molecule has 0 atom stereocenters. The molecule has 68 valence electrons. The van der Waals surface area contributed by atoms with E-state index in [1.807, 2.05) is 19.1 Å². The monoisotopic (exact) mass is 176 g/mol. The maximum absolute atomic E-state index is 10.7. The summed E-state index contributed by atoms with van der Waals surface area (Å²) in [5, 5.41) is 9.88. The van der Waals surface area contributed by atoms with Gasteiger partial charge in [0.1, 0.15) is 6.29 Å². The average molecular weight is 176 g/mol. The maximum atomic E-state index is 10.7. The van der Waals surface area contributed by atoms with E-state index >= 15 is 0 Å². The van der Waals surface area contributed by atoms with Crippen LogP contribution in [0.2, 0.25) is 0 Å². The smallest absolute Gasteiger partial charge is 0.150 e. The molecule has 1 aliphatic carbocycles. The molecule has 2 nitrogen and oxygen atoms in total. The second kappa shape index (κ2) is 2.67. The molecule has 0 radical (unpaired) electrons. The molecule has 0 bridgehead atoms. The summed E-state index contributed by atoms with van der Waals surface area (Å²) in [4.78, 5) is 10.7. The zero-order valence-electron chi connectivity index (χ0n) is 7.58. The molecule has 0 aliphatic heterocycles. The largest absolute Gasteiger partial charge is 0.385 e. The van der Waals surface area contributed by atoms with Gasteiger partial charge in [-0.15, -0.1) is 0 Å². The number of aldehydes is 1. The van der Waals surface area contributed by atoms with Crippen molar-refractivity contribution in [1.82, 2.24) is 0 Å². The van der Waals surface area contributed by atoms with E-state index in [1.54, 1.807) is 6.07 Å². The summed E-state index contributed by atoms with van der Waals surface area (Å²) in [6.45, 7) is 1.96. The van der Waals surface area contributed by atoms with Crippen LogP contribution in [0.4, 0.5) is 0 Å². The molecule has 1 aromatic carbocycles. The van der Waals surface area contributed by atoms with Gasteiger partial charge in [0.25, 0.3) is 0 Å². The number of rotatable bonds is 2. The van der Waals surface area contributed by atoms with Gasteiger partial charge in [-0.2, -0.15) is 0 Å². The van der Waals surface area contributed by atoms with Crippen LogP contribution in [0.25, 0.3) is 0 Å². The Morgan fingerprint density at radius 2 is 2.15 bits per heavy atom. The summed E-state index contributed by atoms with van der Waals surface area (Å²) in [5.74, 6) is 0. The van der Waals surface area contributed by atoms with Crippen LogP contribution in [0.1, 0.15) is 34.3 Å². The summed E-state index contributed by atoms with van der Waals surface area (Å²) >= 11 is 0. The van der Waals surface area contributed by atoms with Gasteiger partial charge in [-0.25, -0.2) is 0 Å². The molecule has 0 aromatic heterocycles. The van der Waals surface area contributed by atoms with Gasteiger partial charge in [-0.1, -0.05) is 23.8 Å². The fourth-order valence-corrected chi connectivity index (χ4v) is 1.56. The van der Waals surface area contributed by atoms with Crippen LogP contribution in [-0.4, -0.2) is 11.4 Å². The summed E-state index contributed by atoms with van der Waals surface area (Å²) in [6, 6.07) is 5.56. The zero-order chi connectivity index (χ0) is 9.47. The van der Waals surface area contributed by atoms with Crippen molar-refractivity contribution >= 4 is 6.29 Å². The Morgan fingerprint density at radius 3 is 2.69 bits per heavy atom. The first-order valence-electron chi connectivity index (χ1n) is 4.44. The topological polar surface area (TPSA) is 37.3 Å². The van der Waals surface area contributed by atoms with Gasteiger partial charge in [0.2, 0.25) is 0 Å². The van der Waals surface area contributed by atoms with Crippen molar-refractivity contribution in [3.05, 3.63) is 34.9 Å². The molecule has 1 N–H and O–H groups in total. The van der Waals surface area contributed by atoms with Crippen LogP contribution in [-0.2, 0) is 5.60 Å². The Kier molecular flexibility index (Phi) is 1.74. The summed E-state index contributed by atoms with van der Waals surface area (Å²) in [7, 11) is 0. The number of benzene rings is 1. The minimum Gasteiger partial charge on any atom is -0.385 e. The summed E-state index contributed by atoms with van der Waals surface area (Å²) in [5.41, 5.74) is 1.79. The van der Waals surface area contributed by atoms with Crippen molar-refractivity contribution in [2.24, 2.45) is 0 Å². The predicted molar refractivity (Wildman–Crippen MR) is 49.7 cm³/mol. The van der Waals surface area contributed by atoms with Crippen LogP contribution in [0.3, 0.4) is 0 Å². The van der Waals surface area contributed by atoms with E-state index < -0.39 is 5.60 Å². The lowest BCUT2D eigenvalue weighted by Gasteiger charge is -2.11. The second-order valence-electron chi connectivity index (χ2n) is 3.74. The molecule has 1 fully saturated rings. The van der Waals surface area contributed by atoms with Crippen molar-refractivity contribution in [3.8, 4) is 0 Å². The van der Waals surface area contributed by atoms with Crippen molar-refractivity contribution in [2.45, 2.75) is 25.4 Å². The van der Waals surface area contributed by atoms with Crippen molar-refractivity contribution in [3.63, 3.8) is 0 Å².